The summed E-state index contributed by atoms with van der Waals surface area (Å²) in [5, 5.41) is 9.60. The van der Waals surface area contributed by atoms with Crippen molar-refractivity contribution in [1.82, 2.24) is 0 Å². The zero-order chi connectivity index (χ0) is 15.3. The minimum atomic E-state index is -5.43. The van der Waals surface area contributed by atoms with Gasteiger partial charge in [0.15, 0.2) is 0 Å². The average Bonchev–Trinajstić information content (AvgIpc) is 2.84. The highest BCUT2D eigenvalue weighted by molar-refractivity contribution is 5.81. The molecule has 0 aliphatic heterocycles. The van der Waals surface area contributed by atoms with Crippen molar-refractivity contribution in [3.63, 3.8) is 0 Å². The summed E-state index contributed by atoms with van der Waals surface area (Å²) >= 11 is 0. The summed E-state index contributed by atoms with van der Waals surface area (Å²) in [5.74, 6) is -9.20. The zero-order valence-electron chi connectivity index (χ0n) is 10.3. The molecule has 0 aromatic heterocycles. The number of hydrogen-bond acceptors (Lipinski definition) is 3. The molecular formula is C12H13F5O3. The predicted molar refractivity (Wildman–Crippen MR) is 56.8 cm³/mol. The number of carbonyl (C=O) groups excluding carboxylic acids is 1. The van der Waals surface area contributed by atoms with Gasteiger partial charge in [-0.2, -0.15) is 13.2 Å². The Kier molecular flexibility index (Phi) is 3.35. The largest absolute Gasteiger partial charge is 0.462 e. The molecule has 0 aromatic rings. The van der Waals surface area contributed by atoms with Gasteiger partial charge in [-0.25, -0.2) is 13.6 Å². The number of fused-ring (bicyclic) bond motifs is 2. The van der Waals surface area contributed by atoms with E-state index in [1.165, 1.54) is 0 Å². The molecule has 3 unspecified atom stereocenters. The molecule has 1 N–H and O–H groups in total. The van der Waals surface area contributed by atoms with Crippen LogP contribution in [-0.4, -0.2) is 35.4 Å². The molecule has 2 bridgehead atoms. The van der Waals surface area contributed by atoms with Crippen molar-refractivity contribution in [2.24, 2.45) is 17.8 Å². The highest BCUT2D eigenvalue weighted by Gasteiger charge is 2.82. The lowest BCUT2D eigenvalue weighted by molar-refractivity contribution is -0.353. The lowest BCUT2D eigenvalue weighted by atomic mass is 9.74. The van der Waals surface area contributed by atoms with Crippen LogP contribution in [0.3, 0.4) is 0 Å². The van der Waals surface area contributed by atoms with Gasteiger partial charge in [-0.1, -0.05) is 6.58 Å². The molecule has 8 heteroatoms. The van der Waals surface area contributed by atoms with Gasteiger partial charge < -0.3 is 9.84 Å². The van der Waals surface area contributed by atoms with E-state index in [1.807, 2.05) is 0 Å². The Morgan fingerprint density at radius 1 is 1.40 bits per heavy atom. The maximum Gasteiger partial charge on any atom is 0.423 e. The number of carbonyl (C=O) groups is 1. The number of alkyl halides is 5. The predicted octanol–water partition coefficient (Wildman–Crippen LogP) is 2.30. The van der Waals surface area contributed by atoms with Crippen LogP contribution >= 0.6 is 0 Å². The lowest BCUT2D eigenvalue weighted by Crippen LogP contribution is -2.64. The molecule has 2 saturated carbocycles. The summed E-state index contributed by atoms with van der Waals surface area (Å²) in [6, 6.07) is 0. The number of ether oxygens (including phenoxy) is 1. The van der Waals surface area contributed by atoms with Gasteiger partial charge in [0.2, 0.25) is 5.60 Å². The van der Waals surface area contributed by atoms with Crippen molar-refractivity contribution in [3.8, 4) is 0 Å². The normalized spacial score (nSPS) is 38.8. The average molecular weight is 300 g/mol. The third-order valence-electron chi connectivity index (χ3n) is 4.29. The number of hydrogen-bond donors (Lipinski definition) is 1. The van der Waals surface area contributed by atoms with Crippen LogP contribution in [0.5, 0.6) is 0 Å². The monoisotopic (exact) mass is 300 g/mol. The highest BCUT2D eigenvalue weighted by Crippen LogP contribution is 2.66. The number of esters is 1. The van der Waals surface area contributed by atoms with Crippen LogP contribution in [0.2, 0.25) is 0 Å². The number of rotatable bonds is 3. The SMILES string of the molecule is C=CC(=O)OCC1C[C@H]2CC1C(O)(C(F)(F)F)C2(F)F. The van der Waals surface area contributed by atoms with E-state index in [0.717, 1.165) is 6.08 Å². The van der Waals surface area contributed by atoms with Crippen LogP contribution in [0.25, 0.3) is 0 Å². The van der Waals surface area contributed by atoms with E-state index >= 15 is 0 Å². The van der Waals surface area contributed by atoms with Gasteiger partial charge >= 0.3 is 12.1 Å². The minimum Gasteiger partial charge on any atom is -0.462 e. The first kappa shape index (κ1) is 15.2. The second-order valence-corrected chi connectivity index (χ2v) is 5.26. The zero-order valence-corrected chi connectivity index (χ0v) is 10.3. The highest BCUT2D eigenvalue weighted by atomic mass is 19.4. The molecule has 3 nitrogen and oxygen atoms in total. The van der Waals surface area contributed by atoms with Gasteiger partial charge in [0.05, 0.1) is 6.61 Å². The van der Waals surface area contributed by atoms with E-state index in [2.05, 4.69) is 11.3 Å². The van der Waals surface area contributed by atoms with Crippen LogP contribution in [0.1, 0.15) is 12.8 Å². The van der Waals surface area contributed by atoms with Gasteiger partial charge in [-0.15, -0.1) is 0 Å². The van der Waals surface area contributed by atoms with Gasteiger partial charge in [0.25, 0.3) is 5.92 Å². The molecule has 0 heterocycles. The van der Waals surface area contributed by atoms with Crippen molar-refractivity contribution in [1.29, 1.82) is 0 Å². The molecule has 0 radical (unpaired) electrons. The van der Waals surface area contributed by atoms with E-state index in [4.69, 9.17) is 0 Å². The molecule has 2 rings (SSSR count). The second-order valence-electron chi connectivity index (χ2n) is 5.26. The van der Waals surface area contributed by atoms with Crippen LogP contribution in [-0.2, 0) is 9.53 Å². The molecule has 2 aliphatic carbocycles. The van der Waals surface area contributed by atoms with E-state index < -0.39 is 54.5 Å². The van der Waals surface area contributed by atoms with Gasteiger partial charge in [-0.05, 0) is 18.8 Å². The standard InChI is InChI=1S/C12H13F5O3/c1-2-9(18)20-5-6-3-7-4-8(6)10(19,11(7,13)14)12(15,16)17/h2,6-8,19H,1,3-5H2/t6?,7-,8?,10?/m0/s1. The molecule has 0 saturated heterocycles. The Morgan fingerprint density at radius 2 is 2.00 bits per heavy atom. The summed E-state index contributed by atoms with van der Waals surface area (Å²) in [4.78, 5) is 10.9. The maximum absolute atomic E-state index is 13.7. The van der Waals surface area contributed by atoms with Crippen molar-refractivity contribution in [3.05, 3.63) is 12.7 Å². The summed E-state index contributed by atoms with van der Waals surface area (Å²) in [6.45, 7) is 2.69. The minimum absolute atomic E-state index is 0.208. The Morgan fingerprint density at radius 3 is 2.45 bits per heavy atom. The van der Waals surface area contributed by atoms with Crippen LogP contribution in [0, 0.1) is 17.8 Å². The van der Waals surface area contributed by atoms with E-state index in [0.29, 0.717) is 0 Å². The molecule has 4 atom stereocenters. The Hall–Kier alpha value is -1.18. The van der Waals surface area contributed by atoms with Crippen LogP contribution < -0.4 is 0 Å². The summed E-state index contributed by atoms with van der Waals surface area (Å²) in [6.07, 6.45) is -5.24. The fraction of sp³-hybridized carbons (Fsp3) is 0.750. The van der Waals surface area contributed by atoms with E-state index in [-0.39, 0.29) is 6.42 Å². The summed E-state index contributed by atoms with van der Waals surface area (Å²) in [7, 11) is 0. The van der Waals surface area contributed by atoms with Crippen molar-refractivity contribution >= 4 is 5.97 Å². The maximum atomic E-state index is 13.7. The molecule has 0 aromatic carbocycles. The van der Waals surface area contributed by atoms with Gasteiger partial charge in [-0.3, -0.25) is 0 Å². The Labute approximate surface area is 111 Å². The van der Waals surface area contributed by atoms with Crippen LogP contribution in [0.15, 0.2) is 12.7 Å². The van der Waals surface area contributed by atoms with Crippen molar-refractivity contribution in [2.45, 2.75) is 30.5 Å². The van der Waals surface area contributed by atoms with E-state index in [9.17, 15) is 31.9 Å². The smallest absolute Gasteiger partial charge is 0.423 e. The van der Waals surface area contributed by atoms with E-state index in [1.54, 1.807) is 0 Å². The van der Waals surface area contributed by atoms with Crippen LogP contribution in [0.4, 0.5) is 22.0 Å². The lowest BCUT2D eigenvalue weighted by Gasteiger charge is -2.43. The summed E-state index contributed by atoms with van der Waals surface area (Å²) in [5.41, 5.74) is -4.05. The first-order valence-electron chi connectivity index (χ1n) is 6.01. The molecule has 20 heavy (non-hydrogen) atoms. The van der Waals surface area contributed by atoms with Crippen molar-refractivity contribution in [2.75, 3.05) is 6.61 Å². The van der Waals surface area contributed by atoms with Crippen molar-refractivity contribution < 1.29 is 36.6 Å². The fourth-order valence-corrected chi connectivity index (χ4v) is 3.32. The first-order chi connectivity index (χ1) is 9.05. The molecule has 114 valence electrons. The number of aliphatic hydroxyl groups is 1. The fourth-order valence-electron chi connectivity index (χ4n) is 3.32. The Bertz CT molecular complexity index is 433. The quantitative estimate of drug-likeness (QED) is 0.494. The molecule has 0 amide bonds. The first-order valence-corrected chi connectivity index (χ1v) is 6.01. The third kappa shape index (κ3) is 1.84. The van der Waals surface area contributed by atoms with Gasteiger partial charge in [0.1, 0.15) is 0 Å². The molecule has 2 aliphatic rings. The second kappa shape index (κ2) is 4.41. The number of halogens is 5. The third-order valence-corrected chi connectivity index (χ3v) is 4.29. The topological polar surface area (TPSA) is 46.5 Å². The summed E-state index contributed by atoms with van der Waals surface area (Å²) < 4.78 is 70.7. The molecule has 2 fully saturated rings. The molecular weight excluding hydrogens is 287 g/mol. The molecule has 0 spiro atoms. The Balaban J connectivity index is 2.21. The van der Waals surface area contributed by atoms with Gasteiger partial charge in [0, 0.05) is 17.9 Å².